The molecule has 1 amide bonds. The zero-order valence-electron chi connectivity index (χ0n) is 20.1. The Morgan fingerprint density at radius 3 is 2.76 bits per heavy atom. The van der Waals surface area contributed by atoms with Crippen LogP contribution in [0.25, 0.3) is 10.2 Å². The number of carbonyl (C=O) groups is 1. The first-order valence-electron chi connectivity index (χ1n) is 12.6. The number of piperidine rings is 1. The van der Waals surface area contributed by atoms with E-state index in [1.165, 1.54) is 61.2 Å². The molecule has 1 aromatic carbocycles. The Bertz CT molecular complexity index is 875. The quantitative estimate of drug-likeness (QED) is 0.242. The number of amides is 1. The first kappa shape index (κ1) is 24.8. The molecule has 182 valence electrons. The van der Waals surface area contributed by atoms with E-state index in [0.717, 1.165) is 49.2 Å². The molecule has 1 saturated carbocycles. The van der Waals surface area contributed by atoms with Gasteiger partial charge in [0.25, 0.3) is 0 Å². The van der Waals surface area contributed by atoms with Gasteiger partial charge in [-0.05, 0) is 68.2 Å². The predicted octanol–water partition coefficient (Wildman–Crippen LogP) is 5.22. The van der Waals surface area contributed by atoms with Gasteiger partial charge in [-0.15, -0.1) is 0 Å². The predicted molar refractivity (Wildman–Crippen MR) is 141 cm³/mol. The Kier molecular flexibility index (Phi) is 9.29. The number of thiazole rings is 1. The Morgan fingerprint density at radius 2 is 2.03 bits per heavy atom. The Balaban J connectivity index is 1.32. The van der Waals surface area contributed by atoms with E-state index in [-0.39, 0.29) is 0 Å². The highest BCUT2D eigenvalue weighted by Crippen LogP contribution is 2.33. The average Bonchev–Trinajstić information content (AvgIpc) is 3.46. The van der Waals surface area contributed by atoms with Crippen molar-refractivity contribution in [2.45, 2.75) is 75.8 Å². The number of hydrogen-bond acceptors (Lipinski definition) is 7. The van der Waals surface area contributed by atoms with Crippen LogP contribution in [0.5, 0.6) is 0 Å². The molecule has 1 aliphatic carbocycles. The number of likely N-dealkylation sites (tertiary alicyclic amines) is 1. The van der Waals surface area contributed by atoms with Crippen molar-refractivity contribution in [2.75, 3.05) is 38.0 Å². The minimum absolute atomic E-state index is 0.540. The van der Waals surface area contributed by atoms with Crippen LogP contribution in [-0.4, -0.2) is 65.4 Å². The molecule has 1 saturated heterocycles. The number of hydrogen-bond donors (Lipinski definition) is 2. The minimum Gasteiger partial charge on any atom is -0.359 e. The van der Waals surface area contributed by atoms with E-state index in [9.17, 15) is 4.79 Å². The monoisotopic (exact) mass is 489 g/mol. The van der Waals surface area contributed by atoms with Gasteiger partial charge in [0, 0.05) is 49.7 Å². The number of fused-ring (bicyclic) bond motifs is 1. The van der Waals surface area contributed by atoms with Crippen LogP contribution in [0.2, 0.25) is 0 Å². The summed E-state index contributed by atoms with van der Waals surface area (Å²) >= 11 is 3.60. The fourth-order valence-corrected chi connectivity index (χ4v) is 7.27. The molecule has 6 nitrogen and oxygen atoms in total. The molecule has 0 bridgehead atoms. The normalized spacial score (nSPS) is 18.5. The van der Waals surface area contributed by atoms with E-state index in [1.54, 1.807) is 11.3 Å². The number of anilines is 1. The molecule has 1 aliphatic heterocycles. The van der Waals surface area contributed by atoms with E-state index in [1.807, 2.05) is 11.9 Å². The third-order valence-electron chi connectivity index (χ3n) is 6.67. The van der Waals surface area contributed by atoms with Gasteiger partial charge < -0.3 is 15.5 Å². The number of aromatic nitrogens is 1. The first-order valence-corrected chi connectivity index (χ1v) is 14.2. The Hall–Kier alpha value is -1.35. The fourth-order valence-electron chi connectivity index (χ4n) is 5.02. The highest BCUT2D eigenvalue weighted by atomic mass is 32.2. The van der Waals surface area contributed by atoms with Gasteiger partial charge >= 0.3 is 0 Å². The molecular formula is C25H39N5OS2. The van der Waals surface area contributed by atoms with Crippen molar-refractivity contribution < 1.29 is 4.79 Å². The molecule has 0 radical (unpaired) electrons. The van der Waals surface area contributed by atoms with Crippen molar-refractivity contribution in [1.82, 2.24) is 19.5 Å². The maximum atomic E-state index is 10.5. The van der Waals surface area contributed by atoms with E-state index in [2.05, 4.69) is 51.9 Å². The van der Waals surface area contributed by atoms with E-state index >= 15 is 0 Å². The molecule has 2 aromatic rings. The summed E-state index contributed by atoms with van der Waals surface area (Å²) in [5, 5.41) is 7.56. The molecule has 33 heavy (non-hydrogen) atoms. The largest absolute Gasteiger partial charge is 0.359 e. The van der Waals surface area contributed by atoms with Crippen LogP contribution in [0, 0.1) is 5.92 Å². The van der Waals surface area contributed by atoms with Crippen LogP contribution in [0.1, 0.15) is 58.8 Å². The smallest absolute Gasteiger partial charge is 0.207 e. The zero-order valence-corrected chi connectivity index (χ0v) is 21.7. The van der Waals surface area contributed by atoms with Crippen molar-refractivity contribution in [3.8, 4) is 0 Å². The Morgan fingerprint density at radius 1 is 1.24 bits per heavy atom. The van der Waals surface area contributed by atoms with Gasteiger partial charge in [0.05, 0.1) is 10.2 Å². The van der Waals surface area contributed by atoms with Gasteiger partial charge in [-0.2, -0.15) is 0 Å². The molecule has 2 heterocycles. The van der Waals surface area contributed by atoms with Gasteiger partial charge in [-0.3, -0.25) is 4.79 Å². The second-order valence-electron chi connectivity index (χ2n) is 9.84. The lowest BCUT2D eigenvalue weighted by atomic mass is 10.0. The summed E-state index contributed by atoms with van der Waals surface area (Å²) in [5.74, 6) is 0.597. The number of benzene rings is 1. The van der Waals surface area contributed by atoms with Gasteiger partial charge in [-0.25, -0.2) is 9.29 Å². The van der Waals surface area contributed by atoms with E-state index < -0.39 is 0 Å². The van der Waals surface area contributed by atoms with Crippen molar-refractivity contribution in [2.24, 2.45) is 5.92 Å². The lowest BCUT2D eigenvalue weighted by molar-refractivity contribution is -0.109. The fraction of sp³-hybridized carbons (Fsp3) is 0.680. The molecule has 2 aliphatic rings. The second kappa shape index (κ2) is 12.4. The van der Waals surface area contributed by atoms with Crippen LogP contribution in [0.4, 0.5) is 5.13 Å². The summed E-state index contributed by atoms with van der Waals surface area (Å²) in [7, 11) is 0. The summed E-state index contributed by atoms with van der Waals surface area (Å²) in [6.07, 6.45) is 9.81. The van der Waals surface area contributed by atoms with Crippen molar-refractivity contribution in [1.29, 1.82) is 0 Å². The van der Waals surface area contributed by atoms with Crippen molar-refractivity contribution in [3.63, 3.8) is 0 Å². The number of nitrogens with one attached hydrogen (secondary N) is 2. The highest BCUT2D eigenvalue weighted by Gasteiger charge is 2.27. The second-order valence-corrected chi connectivity index (χ2v) is 12.0. The van der Waals surface area contributed by atoms with Crippen molar-refractivity contribution >= 4 is 45.0 Å². The molecule has 0 unspecified atom stereocenters. The van der Waals surface area contributed by atoms with Gasteiger partial charge in [-0.1, -0.05) is 38.0 Å². The van der Waals surface area contributed by atoms with E-state index in [4.69, 9.17) is 4.98 Å². The van der Waals surface area contributed by atoms with Crippen LogP contribution < -0.4 is 10.6 Å². The lowest BCUT2D eigenvalue weighted by Crippen LogP contribution is -2.43. The summed E-state index contributed by atoms with van der Waals surface area (Å²) in [6, 6.07) is 8.01. The summed E-state index contributed by atoms with van der Waals surface area (Å²) in [6.45, 7) is 9.65. The van der Waals surface area contributed by atoms with Crippen LogP contribution in [0.15, 0.2) is 23.1 Å². The SMILES string of the molecule is CC(C)CN(CCCNC=O)Sc1ccc2nc(NC3CCN(C4CCCC4)CC3)sc2c1. The third kappa shape index (κ3) is 7.31. The first-order chi connectivity index (χ1) is 16.1. The van der Waals surface area contributed by atoms with Gasteiger partial charge in [0.1, 0.15) is 0 Å². The molecular weight excluding hydrogens is 450 g/mol. The summed E-state index contributed by atoms with van der Waals surface area (Å²) < 4.78 is 3.66. The molecule has 2 fully saturated rings. The number of rotatable bonds is 12. The summed E-state index contributed by atoms with van der Waals surface area (Å²) in [4.78, 5) is 19.4. The van der Waals surface area contributed by atoms with Crippen molar-refractivity contribution in [3.05, 3.63) is 18.2 Å². The standard InChI is InChI=1S/C25H39N5OS2/c1-19(2)17-30(13-5-12-26-18-31)33-22-8-9-23-24(16-22)32-25(28-23)27-20-10-14-29(15-11-20)21-6-3-4-7-21/h8-9,16,18-21H,3-7,10-15,17H2,1-2H3,(H,26,31)(H,27,28). The lowest BCUT2D eigenvalue weighted by Gasteiger charge is -2.36. The maximum absolute atomic E-state index is 10.5. The topological polar surface area (TPSA) is 60.5 Å². The molecule has 4 rings (SSSR count). The van der Waals surface area contributed by atoms with Crippen LogP contribution in [0.3, 0.4) is 0 Å². The molecule has 2 N–H and O–H groups in total. The van der Waals surface area contributed by atoms with Gasteiger partial charge in [0.15, 0.2) is 5.13 Å². The molecule has 0 atom stereocenters. The van der Waals surface area contributed by atoms with E-state index in [0.29, 0.717) is 12.0 Å². The molecule has 1 aromatic heterocycles. The zero-order chi connectivity index (χ0) is 23.0. The maximum Gasteiger partial charge on any atom is 0.207 e. The van der Waals surface area contributed by atoms with Gasteiger partial charge in [0.2, 0.25) is 6.41 Å². The molecule has 0 spiro atoms. The van der Waals surface area contributed by atoms with Crippen LogP contribution in [-0.2, 0) is 4.79 Å². The minimum atomic E-state index is 0.540. The summed E-state index contributed by atoms with van der Waals surface area (Å²) in [5.41, 5.74) is 1.08. The molecule has 8 heteroatoms. The van der Waals surface area contributed by atoms with Crippen LogP contribution >= 0.6 is 23.3 Å². The Labute approximate surface area is 207 Å². The third-order valence-corrected chi connectivity index (χ3v) is 8.68. The average molecular weight is 490 g/mol. The number of nitrogens with zero attached hydrogens (tertiary/aromatic N) is 3. The number of carbonyl (C=O) groups excluding carboxylic acids is 1. The highest BCUT2D eigenvalue weighted by molar-refractivity contribution is 7.97.